The van der Waals surface area contributed by atoms with Crippen LogP contribution in [0.3, 0.4) is 0 Å². The minimum atomic E-state index is 0.411. The molecule has 0 saturated heterocycles. The molecule has 1 rings (SSSR count). The first-order valence-electron chi connectivity index (χ1n) is 6.03. The summed E-state index contributed by atoms with van der Waals surface area (Å²) in [6, 6.07) is 0. The molecule has 1 aliphatic heterocycles. The van der Waals surface area contributed by atoms with Gasteiger partial charge < -0.3 is 11.1 Å². The number of hydrogen-bond acceptors (Lipinski definition) is 3. The third-order valence-electron chi connectivity index (χ3n) is 2.62. The van der Waals surface area contributed by atoms with Gasteiger partial charge in [0.15, 0.2) is 0 Å². The van der Waals surface area contributed by atoms with Crippen LogP contribution >= 0.6 is 0 Å². The second kappa shape index (κ2) is 7.46. The highest BCUT2D eigenvalue weighted by Gasteiger charge is 2.14. The van der Waals surface area contributed by atoms with E-state index in [2.05, 4.69) is 29.4 Å². The topological polar surface area (TPSA) is 50.4 Å². The highest BCUT2D eigenvalue weighted by atomic mass is 15.1. The molecule has 0 aromatic heterocycles. The van der Waals surface area contributed by atoms with Gasteiger partial charge >= 0.3 is 0 Å². The Morgan fingerprint density at radius 2 is 2.47 bits per heavy atom. The average Bonchev–Trinajstić information content (AvgIpc) is 2.76. The standard InChI is InChI=1S/C12H23N3/c1-2-3-4-5-6-11(7-8-13)12-14-9-10-15-12/h5-6,11H,2-4,7-10,13H2,1H3,(H,14,15). The molecule has 0 spiro atoms. The Morgan fingerprint density at radius 1 is 1.60 bits per heavy atom. The van der Waals surface area contributed by atoms with Crippen molar-refractivity contribution in [1.82, 2.24) is 5.32 Å². The van der Waals surface area contributed by atoms with Gasteiger partial charge in [0.2, 0.25) is 0 Å². The number of unbranched alkanes of at least 4 members (excludes halogenated alkanes) is 2. The van der Waals surface area contributed by atoms with Crippen molar-refractivity contribution in [2.45, 2.75) is 32.6 Å². The molecule has 0 aliphatic carbocycles. The van der Waals surface area contributed by atoms with E-state index in [9.17, 15) is 0 Å². The van der Waals surface area contributed by atoms with Crippen molar-refractivity contribution in [2.75, 3.05) is 19.6 Å². The van der Waals surface area contributed by atoms with Gasteiger partial charge in [0, 0.05) is 12.5 Å². The van der Waals surface area contributed by atoms with E-state index in [1.165, 1.54) is 19.3 Å². The molecule has 0 aromatic carbocycles. The molecule has 3 heteroatoms. The normalized spacial score (nSPS) is 17.9. The van der Waals surface area contributed by atoms with Crippen molar-refractivity contribution >= 4 is 5.84 Å². The Morgan fingerprint density at radius 3 is 3.07 bits per heavy atom. The maximum Gasteiger partial charge on any atom is 0.103 e. The van der Waals surface area contributed by atoms with Gasteiger partial charge in [-0.1, -0.05) is 31.9 Å². The van der Waals surface area contributed by atoms with Gasteiger partial charge in [-0.25, -0.2) is 0 Å². The van der Waals surface area contributed by atoms with Crippen LogP contribution in [0.25, 0.3) is 0 Å². The molecule has 0 aromatic rings. The number of aliphatic imine (C=N–C) groups is 1. The largest absolute Gasteiger partial charge is 0.371 e. The van der Waals surface area contributed by atoms with Crippen molar-refractivity contribution in [3.05, 3.63) is 12.2 Å². The number of hydrogen-bond donors (Lipinski definition) is 2. The summed E-state index contributed by atoms with van der Waals surface area (Å²) in [5, 5.41) is 3.33. The van der Waals surface area contributed by atoms with E-state index in [4.69, 9.17) is 5.73 Å². The van der Waals surface area contributed by atoms with Crippen LogP contribution < -0.4 is 11.1 Å². The molecule has 0 fully saturated rings. The van der Waals surface area contributed by atoms with E-state index in [1.807, 2.05) is 0 Å². The lowest BCUT2D eigenvalue weighted by atomic mass is 10.0. The molecule has 1 aliphatic rings. The molecule has 3 nitrogen and oxygen atoms in total. The van der Waals surface area contributed by atoms with E-state index in [1.54, 1.807) is 0 Å². The lowest BCUT2D eigenvalue weighted by Crippen LogP contribution is -2.27. The molecule has 0 saturated carbocycles. The first kappa shape index (κ1) is 12.2. The summed E-state index contributed by atoms with van der Waals surface area (Å²) in [6.07, 6.45) is 9.22. The molecule has 15 heavy (non-hydrogen) atoms. The number of nitrogens with one attached hydrogen (secondary N) is 1. The minimum absolute atomic E-state index is 0.411. The lowest BCUT2D eigenvalue weighted by molar-refractivity contribution is 0.727. The first-order valence-corrected chi connectivity index (χ1v) is 6.03. The van der Waals surface area contributed by atoms with Crippen LogP contribution in [0.15, 0.2) is 17.1 Å². The average molecular weight is 209 g/mol. The highest BCUT2D eigenvalue weighted by molar-refractivity contribution is 5.87. The SMILES string of the molecule is CCCCC=CC(CCN)C1=NCCN1. The summed E-state index contributed by atoms with van der Waals surface area (Å²) in [4.78, 5) is 4.45. The predicted molar refractivity (Wildman–Crippen MR) is 66.1 cm³/mol. The van der Waals surface area contributed by atoms with E-state index in [0.29, 0.717) is 5.92 Å². The van der Waals surface area contributed by atoms with Crippen molar-refractivity contribution in [3.63, 3.8) is 0 Å². The zero-order chi connectivity index (χ0) is 10.9. The van der Waals surface area contributed by atoms with Crippen LogP contribution in [0.1, 0.15) is 32.6 Å². The number of amidine groups is 1. The summed E-state index contributed by atoms with van der Waals surface area (Å²) < 4.78 is 0. The molecule has 0 radical (unpaired) electrons. The number of rotatable bonds is 7. The van der Waals surface area contributed by atoms with E-state index in [0.717, 1.165) is 31.9 Å². The van der Waals surface area contributed by atoms with Gasteiger partial charge in [0.1, 0.15) is 5.84 Å². The second-order valence-corrected chi connectivity index (χ2v) is 3.95. The second-order valence-electron chi connectivity index (χ2n) is 3.95. The summed E-state index contributed by atoms with van der Waals surface area (Å²) in [5.74, 6) is 1.54. The summed E-state index contributed by atoms with van der Waals surface area (Å²) in [6.45, 7) is 4.84. The first-order chi connectivity index (χ1) is 7.38. The van der Waals surface area contributed by atoms with E-state index in [-0.39, 0.29) is 0 Å². The molecule has 1 heterocycles. The van der Waals surface area contributed by atoms with Crippen LogP contribution in [-0.4, -0.2) is 25.5 Å². The third kappa shape index (κ3) is 4.47. The zero-order valence-corrected chi connectivity index (χ0v) is 9.71. The van der Waals surface area contributed by atoms with Crippen molar-refractivity contribution < 1.29 is 0 Å². The Hall–Kier alpha value is -0.830. The van der Waals surface area contributed by atoms with Crippen molar-refractivity contribution in [3.8, 4) is 0 Å². The Kier molecular flexibility index (Phi) is 6.09. The Balaban J connectivity index is 2.39. The van der Waals surface area contributed by atoms with Crippen LogP contribution in [-0.2, 0) is 0 Å². The maximum atomic E-state index is 5.61. The van der Waals surface area contributed by atoms with E-state index >= 15 is 0 Å². The van der Waals surface area contributed by atoms with Gasteiger partial charge in [0.25, 0.3) is 0 Å². The Bertz CT molecular complexity index is 221. The summed E-state index contributed by atoms with van der Waals surface area (Å²) in [7, 11) is 0. The number of nitrogens with zero attached hydrogens (tertiary/aromatic N) is 1. The summed E-state index contributed by atoms with van der Waals surface area (Å²) in [5.41, 5.74) is 5.61. The van der Waals surface area contributed by atoms with E-state index < -0.39 is 0 Å². The van der Waals surface area contributed by atoms with Crippen molar-refractivity contribution in [1.29, 1.82) is 0 Å². The molecular formula is C12H23N3. The summed E-state index contributed by atoms with van der Waals surface area (Å²) >= 11 is 0. The fourth-order valence-corrected chi connectivity index (χ4v) is 1.75. The van der Waals surface area contributed by atoms with Crippen LogP contribution in [0.2, 0.25) is 0 Å². The van der Waals surface area contributed by atoms with Gasteiger partial charge in [-0.2, -0.15) is 0 Å². The van der Waals surface area contributed by atoms with Gasteiger partial charge in [-0.3, -0.25) is 4.99 Å². The molecule has 3 N–H and O–H groups in total. The smallest absolute Gasteiger partial charge is 0.103 e. The fourth-order valence-electron chi connectivity index (χ4n) is 1.75. The predicted octanol–water partition coefficient (Wildman–Crippen LogP) is 1.70. The molecule has 0 bridgehead atoms. The fraction of sp³-hybridized carbons (Fsp3) is 0.750. The molecule has 1 unspecified atom stereocenters. The minimum Gasteiger partial charge on any atom is -0.371 e. The van der Waals surface area contributed by atoms with Crippen molar-refractivity contribution in [2.24, 2.45) is 16.6 Å². The lowest BCUT2D eigenvalue weighted by Gasteiger charge is -2.12. The maximum absolute atomic E-state index is 5.61. The highest BCUT2D eigenvalue weighted by Crippen LogP contribution is 2.09. The van der Waals surface area contributed by atoms with Gasteiger partial charge in [-0.15, -0.1) is 0 Å². The van der Waals surface area contributed by atoms with Crippen LogP contribution in [0.4, 0.5) is 0 Å². The number of allylic oxidation sites excluding steroid dienone is 1. The molecule has 0 amide bonds. The third-order valence-corrected chi connectivity index (χ3v) is 2.62. The monoisotopic (exact) mass is 209 g/mol. The van der Waals surface area contributed by atoms with Gasteiger partial charge in [0.05, 0.1) is 6.54 Å². The van der Waals surface area contributed by atoms with Gasteiger partial charge in [-0.05, 0) is 19.4 Å². The number of nitrogens with two attached hydrogens (primary N) is 1. The molecular weight excluding hydrogens is 186 g/mol. The quantitative estimate of drug-likeness (QED) is 0.495. The Labute approximate surface area is 92.8 Å². The zero-order valence-electron chi connectivity index (χ0n) is 9.71. The molecule has 86 valence electrons. The van der Waals surface area contributed by atoms with Crippen LogP contribution in [0.5, 0.6) is 0 Å². The molecule has 1 atom stereocenters. The van der Waals surface area contributed by atoms with Crippen LogP contribution in [0, 0.1) is 5.92 Å².